The molecule has 9 heteroatoms. The van der Waals surface area contributed by atoms with Gasteiger partial charge in [0.25, 0.3) is 6.47 Å². The van der Waals surface area contributed by atoms with Crippen molar-refractivity contribution >= 4 is 30.0 Å². The zero-order valence-electron chi connectivity index (χ0n) is 16.2. The lowest BCUT2D eigenvalue weighted by Gasteiger charge is -2.19. The van der Waals surface area contributed by atoms with E-state index in [0.717, 1.165) is 5.56 Å². The lowest BCUT2D eigenvalue weighted by molar-refractivity contribution is -0.129. The van der Waals surface area contributed by atoms with E-state index in [9.17, 15) is 19.2 Å². The van der Waals surface area contributed by atoms with Crippen molar-refractivity contribution in [3.05, 3.63) is 29.8 Å². The van der Waals surface area contributed by atoms with Crippen LogP contribution in [0.1, 0.15) is 38.7 Å². The average molecular weight is 392 g/mol. The Morgan fingerprint density at radius 2 is 1.86 bits per heavy atom. The molecule has 154 valence electrons. The van der Waals surface area contributed by atoms with Gasteiger partial charge in [-0.1, -0.05) is 26.0 Å². The molecule has 28 heavy (non-hydrogen) atoms. The summed E-state index contributed by atoms with van der Waals surface area (Å²) in [5.41, 5.74) is 6.36. The summed E-state index contributed by atoms with van der Waals surface area (Å²) in [6, 6.07) is 5.44. The normalized spacial score (nSPS) is 11.4. The zero-order valence-corrected chi connectivity index (χ0v) is 16.2. The van der Waals surface area contributed by atoms with Crippen LogP contribution in [0.2, 0.25) is 0 Å². The molecule has 1 aromatic rings. The number of carbonyl (C=O) groups excluding carboxylic acids is 4. The summed E-state index contributed by atoms with van der Waals surface area (Å²) in [4.78, 5) is 45.7. The van der Waals surface area contributed by atoms with Gasteiger partial charge in [-0.25, -0.2) is 4.79 Å². The Kier molecular flexibility index (Phi) is 10.1. The van der Waals surface area contributed by atoms with Gasteiger partial charge in [0.1, 0.15) is 12.6 Å². The minimum atomic E-state index is -0.737. The van der Waals surface area contributed by atoms with E-state index >= 15 is 0 Å². The van der Waals surface area contributed by atoms with Crippen LogP contribution >= 0.6 is 0 Å². The number of hydrogen-bond donors (Lipinski definition) is 4. The average Bonchev–Trinajstić information content (AvgIpc) is 2.62. The van der Waals surface area contributed by atoms with Gasteiger partial charge in [0.15, 0.2) is 0 Å². The molecular formula is C19H28N4O5. The minimum Gasteiger partial charge on any atom is -0.463 e. The van der Waals surface area contributed by atoms with Gasteiger partial charge >= 0.3 is 6.03 Å². The number of urea groups is 1. The van der Waals surface area contributed by atoms with Gasteiger partial charge in [-0.15, -0.1) is 0 Å². The van der Waals surface area contributed by atoms with Crippen molar-refractivity contribution in [2.24, 2.45) is 11.7 Å². The third-order valence-electron chi connectivity index (χ3n) is 3.75. The Morgan fingerprint density at radius 3 is 2.43 bits per heavy atom. The smallest absolute Gasteiger partial charge is 0.312 e. The number of amides is 4. The SMILES string of the molecule is CC(C)CC(=O)N[C@@H](CCCNC(N)=O)C(=O)Nc1ccc(COC=O)cc1. The summed E-state index contributed by atoms with van der Waals surface area (Å²) >= 11 is 0. The highest BCUT2D eigenvalue weighted by Crippen LogP contribution is 2.12. The molecule has 0 unspecified atom stereocenters. The van der Waals surface area contributed by atoms with Crippen molar-refractivity contribution in [1.29, 1.82) is 0 Å². The van der Waals surface area contributed by atoms with E-state index in [-0.39, 0.29) is 24.3 Å². The summed E-state index contributed by atoms with van der Waals surface area (Å²) in [5, 5.41) is 7.96. The Balaban J connectivity index is 2.68. The molecule has 0 saturated carbocycles. The topological polar surface area (TPSA) is 140 Å². The fraction of sp³-hybridized carbons (Fsp3) is 0.474. The number of anilines is 1. The first-order valence-electron chi connectivity index (χ1n) is 9.09. The van der Waals surface area contributed by atoms with Crippen LogP contribution in [0.15, 0.2) is 24.3 Å². The van der Waals surface area contributed by atoms with E-state index in [0.29, 0.717) is 38.0 Å². The summed E-state index contributed by atoms with van der Waals surface area (Å²) in [6.45, 7) is 4.67. The highest BCUT2D eigenvalue weighted by Gasteiger charge is 2.21. The van der Waals surface area contributed by atoms with Crippen molar-refractivity contribution in [3.8, 4) is 0 Å². The molecule has 0 saturated heterocycles. The van der Waals surface area contributed by atoms with Crippen molar-refractivity contribution in [2.45, 2.75) is 45.8 Å². The first kappa shape index (κ1) is 22.9. The number of carbonyl (C=O) groups is 4. The maximum Gasteiger partial charge on any atom is 0.312 e. The molecule has 0 spiro atoms. The van der Waals surface area contributed by atoms with Gasteiger partial charge in [-0.2, -0.15) is 0 Å². The van der Waals surface area contributed by atoms with E-state index in [2.05, 4.69) is 20.7 Å². The Hall–Kier alpha value is -3.10. The number of benzene rings is 1. The maximum absolute atomic E-state index is 12.6. The summed E-state index contributed by atoms with van der Waals surface area (Å²) in [6.07, 6.45) is 1.14. The van der Waals surface area contributed by atoms with Gasteiger partial charge in [0.2, 0.25) is 11.8 Å². The van der Waals surface area contributed by atoms with Crippen LogP contribution < -0.4 is 21.7 Å². The van der Waals surface area contributed by atoms with E-state index in [1.165, 1.54) is 0 Å². The molecule has 4 amide bonds. The zero-order chi connectivity index (χ0) is 20.9. The number of primary amides is 1. The summed E-state index contributed by atoms with van der Waals surface area (Å²) in [7, 11) is 0. The first-order valence-corrected chi connectivity index (χ1v) is 9.09. The largest absolute Gasteiger partial charge is 0.463 e. The van der Waals surface area contributed by atoms with Crippen LogP contribution in [0.5, 0.6) is 0 Å². The Morgan fingerprint density at radius 1 is 1.18 bits per heavy atom. The molecule has 1 rings (SSSR count). The molecule has 0 aliphatic heterocycles. The van der Waals surface area contributed by atoms with E-state index in [4.69, 9.17) is 5.73 Å². The number of rotatable bonds is 12. The maximum atomic E-state index is 12.6. The first-order chi connectivity index (χ1) is 13.3. The van der Waals surface area contributed by atoms with Gasteiger partial charge < -0.3 is 26.4 Å². The third-order valence-corrected chi connectivity index (χ3v) is 3.75. The standard InChI is InChI=1S/C19H28N4O5/c1-13(2)10-17(25)23-16(4-3-9-21-19(20)27)18(26)22-15-7-5-14(6-8-15)11-28-12-24/h5-8,12-13,16H,3-4,9-11H2,1-2H3,(H,22,26)(H,23,25)(H3,20,21,27)/t16-/m0/s1. The van der Waals surface area contributed by atoms with Crippen molar-refractivity contribution < 1.29 is 23.9 Å². The number of hydrogen-bond acceptors (Lipinski definition) is 5. The fourth-order valence-corrected chi connectivity index (χ4v) is 2.45. The molecule has 0 aromatic heterocycles. The van der Waals surface area contributed by atoms with Crippen molar-refractivity contribution in [3.63, 3.8) is 0 Å². The fourth-order valence-electron chi connectivity index (χ4n) is 2.45. The van der Waals surface area contributed by atoms with E-state index in [1.807, 2.05) is 13.8 Å². The molecule has 9 nitrogen and oxygen atoms in total. The van der Waals surface area contributed by atoms with Crippen LogP contribution in [0.25, 0.3) is 0 Å². The molecule has 0 heterocycles. The van der Waals surface area contributed by atoms with Gasteiger partial charge in [-0.3, -0.25) is 14.4 Å². The second-order valence-electron chi connectivity index (χ2n) is 6.74. The molecule has 1 atom stereocenters. The molecule has 0 radical (unpaired) electrons. The lowest BCUT2D eigenvalue weighted by atomic mass is 10.1. The highest BCUT2D eigenvalue weighted by molar-refractivity contribution is 5.97. The van der Waals surface area contributed by atoms with Crippen molar-refractivity contribution in [1.82, 2.24) is 10.6 Å². The molecule has 0 aliphatic rings. The highest BCUT2D eigenvalue weighted by atomic mass is 16.5. The van der Waals surface area contributed by atoms with E-state index in [1.54, 1.807) is 24.3 Å². The van der Waals surface area contributed by atoms with Gasteiger partial charge in [0.05, 0.1) is 0 Å². The quantitative estimate of drug-likeness (QED) is 0.313. The van der Waals surface area contributed by atoms with Gasteiger partial charge in [-0.05, 0) is 36.5 Å². The summed E-state index contributed by atoms with van der Waals surface area (Å²) < 4.78 is 4.67. The predicted molar refractivity (Wildman–Crippen MR) is 104 cm³/mol. The number of nitrogens with one attached hydrogen (secondary N) is 3. The van der Waals surface area contributed by atoms with Crippen LogP contribution in [-0.2, 0) is 25.7 Å². The van der Waals surface area contributed by atoms with Crippen LogP contribution in [0, 0.1) is 5.92 Å². The van der Waals surface area contributed by atoms with Crippen LogP contribution in [0.4, 0.5) is 10.5 Å². The van der Waals surface area contributed by atoms with Crippen molar-refractivity contribution in [2.75, 3.05) is 11.9 Å². The molecular weight excluding hydrogens is 364 g/mol. The third kappa shape index (κ3) is 9.56. The number of ether oxygens (including phenoxy) is 1. The molecule has 0 aliphatic carbocycles. The second-order valence-corrected chi connectivity index (χ2v) is 6.74. The minimum absolute atomic E-state index is 0.151. The molecule has 5 N–H and O–H groups in total. The molecule has 0 bridgehead atoms. The second kappa shape index (κ2) is 12.3. The van der Waals surface area contributed by atoms with Crippen LogP contribution in [0.3, 0.4) is 0 Å². The summed E-state index contributed by atoms with van der Waals surface area (Å²) in [5.74, 6) is -0.395. The Bertz CT molecular complexity index is 661. The van der Waals surface area contributed by atoms with Crippen LogP contribution in [-0.4, -0.2) is 36.9 Å². The van der Waals surface area contributed by atoms with E-state index < -0.39 is 12.1 Å². The number of nitrogens with two attached hydrogens (primary N) is 1. The molecule has 1 aromatic carbocycles. The molecule has 0 fully saturated rings. The lowest BCUT2D eigenvalue weighted by Crippen LogP contribution is -2.44. The monoisotopic (exact) mass is 392 g/mol. The predicted octanol–water partition coefficient (Wildman–Crippen LogP) is 1.28. The van der Waals surface area contributed by atoms with Gasteiger partial charge in [0, 0.05) is 18.7 Å². The Labute approximate surface area is 164 Å².